The zero-order valence-electron chi connectivity index (χ0n) is 10.7. The monoisotopic (exact) mass is 279 g/mol. The van der Waals surface area contributed by atoms with E-state index in [0.717, 1.165) is 23.8 Å². The summed E-state index contributed by atoms with van der Waals surface area (Å²) in [5.74, 6) is -1.24. The van der Waals surface area contributed by atoms with E-state index >= 15 is 0 Å². The van der Waals surface area contributed by atoms with Crippen LogP contribution in [0.25, 0.3) is 0 Å². The van der Waals surface area contributed by atoms with Gasteiger partial charge in [-0.1, -0.05) is 30.3 Å². The minimum atomic E-state index is -1.18. The Bertz CT molecular complexity index is 549. The van der Waals surface area contributed by atoms with Crippen molar-refractivity contribution in [2.45, 2.75) is 12.7 Å². The van der Waals surface area contributed by atoms with Gasteiger partial charge in [0.05, 0.1) is 19.3 Å². The first-order chi connectivity index (χ1) is 9.66. The van der Waals surface area contributed by atoms with E-state index in [1.807, 2.05) is 30.3 Å². The van der Waals surface area contributed by atoms with E-state index in [4.69, 9.17) is 4.84 Å². The maximum Gasteiger partial charge on any atom is 0.129 e. The number of halogens is 2. The van der Waals surface area contributed by atoms with Gasteiger partial charge in [0, 0.05) is 5.56 Å². The van der Waals surface area contributed by atoms with Gasteiger partial charge in [0.15, 0.2) is 0 Å². The van der Waals surface area contributed by atoms with Crippen LogP contribution in [0.4, 0.5) is 8.78 Å². The highest BCUT2D eigenvalue weighted by atomic mass is 19.1. The van der Waals surface area contributed by atoms with Crippen LogP contribution in [-0.2, 0) is 11.4 Å². The molecule has 0 fully saturated rings. The van der Waals surface area contributed by atoms with E-state index in [0.29, 0.717) is 6.61 Å². The molecule has 1 unspecified atom stereocenters. The smallest absolute Gasteiger partial charge is 0.129 e. The predicted octanol–water partition coefficient (Wildman–Crippen LogP) is 2.72. The number of aliphatic hydroxyl groups is 1. The molecule has 1 atom stereocenters. The van der Waals surface area contributed by atoms with Crippen LogP contribution < -0.4 is 5.48 Å². The summed E-state index contributed by atoms with van der Waals surface area (Å²) >= 11 is 0. The number of hydrogen-bond acceptors (Lipinski definition) is 3. The highest BCUT2D eigenvalue weighted by Gasteiger charge is 2.13. The number of benzene rings is 2. The first-order valence-corrected chi connectivity index (χ1v) is 6.18. The van der Waals surface area contributed by atoms with Gasteiger partial charge in [0.2, 0.25) is 0 Å². The van der Waals surface area contributed by atoms with Gasteiger partial charge in [0.25, 0.3) is 0 Å². The Morgan fingerprint density at radius 3 is 2.60 bits per heavy atom. The van der Waals surface area contributed by atoms with Crippen molar-refractivity contribution in [1.82, 2.24) is 5.48 Å². The molecule has 0 bridgehead atoms. The van der Waals surface area contributed by atoms with E-state index in [-0.39, 0.29) is 12.1 Å². The third-order valence-electron chi connectivity index (χ3n) is 2.78. The molecule has 0 aliphatic carbocycles. The third-order valence-corrected chi connectivity index (χ3v) is 2.78. The minimum Gasteiger partial charge on any atom is -0.387 e. The summed E-state index contributed by atoms with van der Waals surface area (Å²) in [6.07, 6.45) is -1.18. The van der Waals surface area contributed by atoms with Gasteiger partial charge in [-0.15, -0.1) is 0 Å². The van der Waals surface area contributed by atoms with Crippen molar-refractivity contribution in [2.75, 3.05) is 6.54 Å². The Hall–Kier alpha value is -1.82. The topological polar surface area (TPSA) is 41.5 Å². The summed E-state index contributed by atoms with van der Waals surface area (Å²) in [6.45, 7) is 0.284. The molecule has 0 spiro atoms. The molecule has 0 saturated heterocycles. The molecule has 5 heteroatoms. The SMILES string of the molecule is OC(CNOCc1ccccc1)c1cc(F)ccc1F. The normalized spacial score (nSPS) is 12.3. The molecule has 0 saturated carbocycles. The molecule has 0 amide bonds. The first kappa shape index (κ1) is 14.6. The largest absolute Gasteiger partial charge is 0.387 e. The number of hydroxylamine groups is 1. The molecule has 20 heavy (non-hydrogen) atoms. The first-order valence-electron chi connectivity index (χ1n) is 6.18. The Labute approximate surface area is 115 Å². The minimum absolute atomic E-state index is 0.0345. The molecule has 2 aromatic carbocycles. The quantitative estimate of drug-likeness (QED) is 0.631. The molecule has 0 heterocycles. The summed E-state index contributed by atoms with van der Waals surface area (Å²) < 4.78 is 26.4. The Balaban J connectivity index is 1.80. The lowest BCUT2D eigenvalue weighted by Crippen LogP contribution is -2.22. The molecule has 2 rings (SSSR count). The van der Waals surface area contributed by atoms with Crippen LogP contribution >= 0.6 is 0 Å². The van der Waals surface area contributed by atoms with Gasteiger partial charge in [-0.25, -0.2) is 8.78 Å². The molecular weight excluding hydrogens is 264 g/mol. The molecule has 2 N–H and O–H groups in total. The van der Waals surface area contributed by atoms with Crippen LogP contribution in [0.2, 0.25) is 0 Å². The molecule has 3 nitrogen and oxygen atoms in total. The summed E-state index contributed by atoms with van der Waals surface area (Å²) in [5.41, 5.74) is 3.41. The molecule has 0 radical (unpaired) electrons. The average Bonchev–Trinajstić information content (AvgIpc) is 2.47. The molecular formula is C15H15F2NO2. The highest BCUT2D eigenvalue weighted by Crippen LogP contribution is 2.17. The Morgan fingerprint density at radius 2 is 1.85 bits per heavy atom. The lowest BCUT2D eigenvalue weighted by Gasteiger charge is -2.13. The molecule has 106 valence electrons. The van der Waals surface area contributed by atoms with Gasteiger partial charge in [-0.05, 0) is 23.8 Å². The van der Waals surface area contributed by atoms with E-state index in [1.54, 1.807) is 0 Å². The zero-order valence-corrected chi connectivity index (χ0v) is 10.7. The summed E-state index contributed by atoms with van der Waals surface area (Å²) in [7, 11) is 0. The van der Waals surface area contributed by atoms with Crippen LogP contribution in [0, 0.1) is 11.6 Å². The van der Waals surface area contributed by atoms with Crippen molar-refractivity contribution < 1.29 is 18.7 Å². The van der Waals surface area contributed by atoms with E-state index in [9.17, 15) is 13.9 Å². The molecule has 0 aliphatic heterocycles. The van der Waals surface area contributed by atoms with Crippen molar-refractivity contribution in [2.24, 2.45) is 0 Å². The van der Waals surface area contributed by atoms with Crippen molar-refractivity contribution in [3.63, 3.8) is 0 Å². The lowest BCUT2D eigenvalue weighted by molar-refractivity contribution is 0.00206. The predicted molar refractivity (Wildman–Crippen MR) is 70.6 cm³/mol. The third kappa shape index (κ3) is 4.09. The second-order valence-electron chi connectivity index (χ2n) is 4.30. The maximum absolute atomic E-state index is 13.4. The van der Waals surface area contributed by atoms with Gasteiger partial charge in [-0.2, -0.15) is 5.48 Å². The molecule has 0 aliphatic rings. The number of nitrogens with one attached hydrogen (secondary N) is 1. The van der Waals surface area contributed by atoms with Gasteiger partial charge in [0.1, 0.15) is 11.6 Å². The molecule has 2 aromatic rings. The number of rotatable bonds is 6. The average molecular weight is 279 g/mol. The summed E-state index contributed by atoms with van der Waals surface area (Å²) in [4.78, 5) is 5.16. The Morgan fingerprint density at radius 1 is 1.10 bits per heavy atom. The lowest BCUT2D eigenvalue weighted by atomic mass is 10.1. The van der Waals surface area contributed by atoms with Gasteiger partial charge >= 0.3 is 0 Å². The number of aliphatic hydroxyl groups excluding tert-OH is 1. The van der Waals surface area contributed by atoms with Crippen LogP contribution in [-0.4, -0.2) is 11.7 Å². The van der Waals surface area contributed by atoms with Gasteiger partial charge < -0.3 is 5.11 Å². The van der Waals surface area contributed by atoms with Gasteiger partial charge in [-0.3, -0.25) is 4.84 Å². The van der Waals surface area contributed by atoms with E-state index in [2.05, 4.69) is 5.48 Å². The van der Waals surface area contributed by atoms with E-state index in [1.165, 1.54) is 0 Å². The van der Waals surface area contributed by atoms with Crippen LogP contribution in [0.5, 0.6) is 0 Å². The van der Waals surface area contributed by atoms with Crippen molar-refractivity contribution in [3.8, 4) is 0 Å². The fourth-order valence-electron chi connectivity index (χ4n) is 1.73. The summed E-state index contributed by atoms with van der Waals surface area (Å²) in [6, 6.07) is 12.4. The standard InChI is InChI=1S/C15H15F2NO2/c16-12-6-7-14(17)13(8-12)15(19)9-18-20-10-11-4-2-1-3-5-11/h1-8,15,18-19H,9-10H2. The van der Waals surface area contributed by atoms with Crippen LogP contribution in [0.1, 0.15) is 17.2 Å². The van der Waals surface area contributed by atoms with Crippen LogP contribution in [0.15, 0.2) is 48.5 Å². The van der Waals surface area contributed by atoms with E-state index < -0.39 is 17.7 Å². The number of hydrogen-bond donors (Lipinski definition) is 2. The maximum atomic E-state index is 13.4. The Kier molecular flexibility index (Phi) is 5.17. The fraction of sp³-hybridized carbons (Fsp3) is 0.200. The summed E-state index contributed by atoms with van der Waals surface area (Å²) in [5, 5.41) is 9.77. The van der Waals surface area contributed by atoms with Crippen molar-refractivity contribution in [3.05, 3.63) is 71.3 Å². The second kappa shape index (κ2) is 7.09. The van der Waals surface area contributed by atoms with Crippen LogP contribution in [0.3, 0.4) is 0 Å². The second-order valence-corrected chi connectivity index (χ2v) is 4.30. The van der Waals surface area contributed by atoms with Crippen molar-refractivity contribution in [1.29, 1.82) is 0 Å². The molecule has 0 aromatic heterocycles. The zero-order chi connectivity index (χ0) is 14.4. The van der Waals surface area contributed by atoms with Crippen molar-refractivity contribution >= 4 is 0 Å². The highest BCUT2D eigenvalue weighted by molar-refractivity contribution is 5.21. The fourth-order valence-corrected chi connectivity index (χ4v) is 1.73.